The average molecular weight is 156 g/mol. The topological polar surface area (TPSA) is 27.7 Å². The van der Waals surface area contributed by atoms with Crippen LogP contribution in [-0.4, -0.2) is 31.2 Å². The van der Waals surface area contributed by atoms with Crippen molar-refractivity contribution in [3.05, 3.63) is 0 Å². The number of hydrogen-bond acceptors (Lipinski definition) is 3. The zero-order valence-electron chi connectivity index (χ0n) is 6.36. The SMILES string of the molecule is C1CC2OC(C1)C1OCOC21. The summed E-state index contributed by atoms with van der Waals surface area (Å²) in [4.78, 5) is 0. The molecule has 0 radical (unpaired) electrons. The Kier molecular flexibility index (Phi) is 1.27. The highest BCUT2D eigenvalue weighted by atomic mass is 16.7. The fraction of sp³-hybridized carbons (Fsp3) is 1.00. The van der Waals surface area contributed by atoms with E-state index < -0.39 is 0 Å². The maximum Gasteiger partial charge on any atom is 0.148 e. The third-order valence-electron chi connectivity index (χ3n) is 2.90. The first kappa shape index (κ1) is 6.40. The fourth-order valence-corrected chi connectivity index (χ4v) is 2.39. The van der Waals surface area contributed by atoms with Crippen LogP contribution in [0.1, 0.15) is 19.3 Å². The molecule has 3 saturated heterocycles. The van der Waals surface area contributed by atoms with E-state index in [0.29, 0.717) is 19.0 Å². The third-order valence-corrected chi connectivity index (χ3v) is 2.90. The summed E-state index contributed by atoms with van der Waals surface area (Å²) in [6, 6.07) is 0. The van der Waals surface area contributed by atoms with Gasteiger partial charge in [0.1, 0.15) is 19.0 Å². The first-order valence-corrected chi connectivity index (χ1v) is 4.34. The number of ether oxygens (including phenoxy) is 3. The highest BCUT2D eigenvalue weighted by Crippen LogP contribution is 2.38. The molecule has 3 rings (SSSR count). The number of hydrogen-bond donors (Lipinski definition) is 0. The van der Waals surface area contributed by atoms with Crippen LogP contribution in [0.5, 0.6) is 0 Å². The van der Waals surface area contributed by atoms with E-state index in [-0.39, 0.29) is 12.2 Å². The molecule has 0 aromatic heterocycles. The van der Waals surface area contributed by atoms with Gasteiger partial charge in [-0.2, -0.15) is 0 Å². The standard InChI is InChI=1S/C8H12O3/c1-2-5-7-8(10-4-9-7)6(3-1)11-5/h5-8H,1-4H2. The van der Waals surface area contributed by atoms with Crippen molar-refractivity contribution in [2.24, 2.45) is 0 Å². The summed E-state index contributed by atoms with van der Waals surface area (Å²) in [5.74, 6) is 0. The molecule has 3 aliphatic rings. The molecule has 0 spiro atoms. The molecule has 62 valence electrons. The molecule has 0 N–H and O–H groups in total. The lowest BCUT2D eigenvalue weighted by Gasteiger charge is -2.21. The van der Waals surface area contributed by atoms with Crippen LogP contribution in [0.25, 0.3) is 0 Å². The maximum absolute atomic E-state index is 5.71. The lowest BCUT2D eigenvalue weighted by atomic mass is 10.1. The van der Waals surface area contributed by atoms with Gasteiger partial charge >= 0.3 is 0 Å². The molecular formula is C8H12O3. The second-order valence-corrected chi connectivity index (χ2v) is 3.52. The highest BCUT2D eigenvalue weighted by molar-refractivity contribution is 4.97. The van der Waals surface area contributed by atoms with Crippen molar-refractivity contribution >= 4 is 0 Å². The van der Waals surface area contributed by atoms with Crippen molar-refractivity contribution in [2.45, 2.75) is 43.7 Å². The van der Waals surface area contributed by atoms with Gasteiger partial charge in [0.25, 0.3) is 0 Å². The second kappa shape index (κ2) is 2.19. The molecule has 11 heavy (non-hydrogen) atoms. The Balaban J connectivity index is 1.88. The van der Waals surface area contributed by atoms with Crippen molar-refractivity contribution in [1.29, 1.82) is 0 Å². The highest BCUT2D eigenvalue weighted by Gasteiger charge is 2.50. The van der Waals surface area contributed by atoms with Crippen LogP contribution < -0.4 is 0 Å². The Morgan fingerprint density at radius 1 is 0.909 bits per heavy atom. The zero-order valence-corrected chi connectivity index (χ0v) is 6.36. The summed E-state index contributed by atoms with van der Waals surface area (Å²) in [7, 11) is 0. The molecule has 3 aliphatic heterocycles. The molecule has 0 aliphatic carbocycles. The van der Waals surface area contributed by atoms with Crippen molar-refractivity contribution in [1.82, 2.24) is 0 Å². The smallest absolute Gasteiger partial charge is 0.148 e. The molecule has 2 bridgehead atoms. The van der Waals surface area contributed by atoms with Gasteiger partial charge in [-0.25, -0.2) is 0 Å². The van der Waals surface area contributed by atoms with Crippen molar-refractivity contribution in [3.8, 4) is 0 Å². The minimum atomic E-state index is 0.252. The van der Waals surface area contributed by atoms with Gasteiger partial charge in [-0.15, -0.1) is 0 Å². The summed E-state index contributed by atoms with van der Waals surface area (Å²) in [6.45, 7) is 0.478. The lowest BCUT2D eigenvalue weighted by Crippen LogP contribution is -2.27. The predicted molar refractivity (Wildman–Crippen MR) is 37.1 cm³/mol. The zero-order chi connectivity index (χ0) is 7.26. The minimum Gasteiger partial charge on any atom is -0.369 e. The first-order chi connectivity index (χ1) is 5.45. The average Bonchev–Trinajstić information content (AvgIpc) is 2.58. The Morgan fingerprint density at radius 3 is 2.18 bits per heavy atom. The maximum atomic E-state index is 5.71. The summed E-state index contributed by atoms with van der Waals surface area (Å²) >= 11 is 0. The van der Waals surface area contributed by atoms with Gasteiger partial charge in [-0.05, 0) is 19.3 Å². The minimum absolute atomic E-state index is 0.252. The molecule has 3 fully saturated rings. The van der Waals surface area contributed by atoms with Gasteiger partial charge in [0, 0.05) is 0 Å². The van der Waals surface area contributed by atoms with Crippen molar-refractivity contribution < 1.29 is 14.2 Å². The van der Waals surface area contributed by atoms with Gasteiger partial charge in [-0.1, -0.05) is 0 Å². The predicted octanol–water partition coefficient (Wildman–Crippen LogP) is 0.679. The van der Waals surface area contributed by atoms with Crippen molar-refractivity contribution in [2.75, 3.05) is 6.79 Å². The molecule has 0 amide bonds. The van der Waals surface area contributed by atoms with Crippen LogP contribution in [-0.2, 0) is 14.2 Å². The van der Waals surface area contributed by atoms with E-state index in [9.17, 15) is 0 Å². The summed E-state index contributed by atoms with van der Waals surface area (Å²) < 4.78 is 16.6. The van der Waals surface area contributed by atoms with Crippen molar-refractivity contribution in [3.63, 3.8) is 0 Å². The molecule has 4 unspecified atom stereocenters. The normalized spacial score (nSPS) is 54.5. The lowest BCUT2D eigenvalue weighted by molar-refractivity contribution is -0.0927. The van der Waals surface area contributed by atoms with Gasteiger partial charge in [0.15, 0.2) is 0 Å². The Hall–Kier alpha value is -0.120. The van der Waals surface area contributed by atoms with Crippen LogP contribution in [0.15, 0.2) is 0 Å². The van der Waals surface area contributed by atoms with E-state index in [4.69, 9.17) is 14.2 Å². The van der Waals surface area contributed by atoms with E-state index >= 15 is 0 Å². The summed E-state index contributed by atoms with van der Waals surface area (Å²) in [6.07, 6.45) is 4.75. The van der Waals surface area contributed by atoms with Gasteiger partial charge < -0.3 is 14.2 Å². The molecule has 0 saturated carbocycles. The van der Waals surface area contributed by atoms with E-state index in [1.54, 1.807) is 0 Å². The molecule has 3 heteroatoms. The monoisotopic (exact) mass is 156 g/mol. The van der Waals surface area contributed by atoms with Gasteiger partial charge in [-0.3, -0.25) is 0 Å². The molecule has 0 aromatic rings. The Bertz CT molecular complexity index is 155. The number of fused-ring (bicyclic) bond motifs is 5. The molecule has 4 atom stereocenters. The van der Waals surface area contributed by atoms with Crippen LogP contribution in [0.4, 0.5) is 0 Å². The van der Waals surface area contributed by atoms with Crippen LogP contribution in [0.3, 0.4) is 0 Å². The largest absolute Gasteiger partial charge is 0.369 e. The van der Waals surface area contributed by atoms with E-state index in [0.717, 1.165) is 12.8 Å². The van der Waals surface area contributed by atoms with E-state index in [2.05, 4.69) is 0 Å². The van der Waals surface area contributed by atoms with Gasteiger partial charge in [0.05, 0.1) is 12.2 Å². The van der Waals surface area contributed by atoms with Crippen LogP contribution >= 0.6 is 0 Å². The van der Waals surface area contributed by atoms with Crippen LogP contribution in [0, 0.1) is 0 Å². The number of rotatable bonds is 0. The summed E-state index contributed by atoms with van der Waals surface area (Å²) in [5, 5.41) is 0. The quantitative estimate of drug-likeness (QED) is 0.516. The molecule has 3 heterocycles. The Morgan fingerprint density at radius 2 is 1.55 bits per heavy atom. The molecule has 3 nitrogen and oxygen atoms in total. The van der Waals surface area contributed by atoms with E-state index in [1.165, 1.54) is 6.42 Å². The first-order valence-electron chi connectivity index (χ1n) is 4.34. The summed E-state index contributed by atoms with van der Waals surface area (Å²) in [5.41, 5.74) is 0. The van der Waals surface area contributed by atoms with E-state index in [1.807, 2.05) is 0 Å². The third kappa shape index (κ3) is 0.789. The fourth-order valence-electron chi connectivity index (χ4n) is 2.39. The van der Waals surface area contributed by atoms with Gasteiger partial charge in [0.2, 0.25) is 0 Å². The molecule has 0 aromatic carbocycles. The second-order valence-electron chi connectivity index (χ2n) is 3.52. The Labute approximate surface area is 65.6 Å². The molecular weight excluding hydrogens is 144 g/mol. The van der Waals surface area contributed by atoms with Crippen LogP contribution in [0.2, 0.25) is 0 Å².